The molecule has 4 heteroatoms. The third-order valence-corrected chi connectivity index (χ3v) is 0. The van der Waals surface area contributed by atoms with E-state index in [9.17, 15) is 0 Å². The first-order chi connectivity index (χ1) is 0. The van der Waals surface area contributed by atoms with E-state index in [1.54, 1.807) is 0 Å². The normalized spacial score (nSPS) is 0. The van der Waals surface area contributed by atoms with Crippen molar-refractivity contribution < 1.29 is 49.6 Å². The Bertz CT molecular complexity index is 6.00. The first kappa shape index (κ1) is 71.4. The minimum atomic E-state index is 0. The summed E-state index contributed by atoms with van der Waals surface area (Å²) in [5.41, 5.74) is 0. The van der Waals surface area contributed by atoms with Crippen LogP contribution in [0.1, 0.15) is 0 Å². The first-order valence-electron chi connectivity index (χ1n) is 0. The number of hydrogen-bond acceptors (Lipinski definition) is 1. The zero-order valence-corrected chi connectivity index (χ0v) is 4.95. The van der Waals surface area contributed by atoms with Gasteiger partial charge in [-0.3, -0.25) is 0 Å². The monoisotopic (exact) mass is 158 g/mol. The summed E-state index contributed by atoms with van der Waals surface area (Å²) in [5, 5.41) is 0. The quantitative estimate of drug-likeness (QED) is 0.366. The van der Waals surface area contributed by atoms with Crippen molar-refractivity contribution in [3.63, 3.8) is 0 Å². The van der Waals surface area contributed by atoms with Crippen LogP contribution in [-0.2, 0) is 31.7 Å². The van der Waals surface area contributed by atoms with Crippen molar-refractivity contribution in [3.05, 3.63) is 0 Å². The van der Waals surface area contributed by atoms with E-state index in [4.69, 9.17) is 0 Å². The minimum Gasteiger partial charge on any atom is -2.00 e. The molecule has 0 radical (unpaired) electrons. The fraction of sp³-hybridized carbons (Fsp3) is 0. The summed E-state index contributed by atoms with van der Waals surface area (Å²) in [5.74, 6) is 0. The number of hydrogen-bond donors (Lipinski definition) is 0. The summed E-state index contributed by atoms with van der Waals surface area (Å²) in [6.07, 6.45) is 0. The van der Waals surface area contributed by atoms with Gasteiger partial charge < -0.3 is 23.4 Å². The Kier molecular flexibility index (Phi) is 585. The molecule has 0 heterocycles. The fourth-order valence-electron chi connectivity index (χ4n) is 0. The van der Waals surface area contributed by atoms with Crippen molar-refractivity contribution in [1.29, 1.82) is 0 Å². The molecule has 0 amide bonds. The van der Waals surface area contributed by atoms with Crippen LogP contribution in [0.2, 0.25) is 0 Å². The van der Waals surface area contributed by atoms with Gasteiger partial charge in [-0.05, 0) is 0 Å². The minimum absolute atomic E-state index is 0. The van der Waals surface area contributed by atoms with Gasteiger partial charge in [0, 0.05) is 0 Å². The van der Waals surface area contributed by atoms with Gasteiger partial charge in [0.25, 0.3) is 0 Å². The third kappa shape index (κ3) is 11.3. The van der Waals surface area contributed by atoms with Crippen molar-refractivity contribution in [1.82, 2.24) is 0 Å². The maximum absolute atomic E-state index is 0. The summed E-state index contributed by atoms with van der Waals surface area (Å²) in [6, 6.07) is 0. The molecule has 0 unspecified atom stereocenters. The standard InChI is InChI=1S/ClH.H2O.O.Zr/h1H;1H2;;/q;;-2;+4/p-2. The summed E-state index contributed by atoms with van der Waals surface area (Å²) < 4.78 is 0. The summed E-state index contributed by atoms with van der Waals surface area (Å²) in [6.45, 7) is 0. The van der Waals surface area contributed by atoms with Crippen molar-refractivity contribution in [2.24, 2.45) is 0 Å². The number of halogens is 1. The van der Waals surface area contributed by atoms with Crippen LogP contribution in [0.25, 0.3) is 0 Å². The average molecular weight is 160 g/mol. The van der Waals surface area contributed by atoms with Crippen LogP contribution < -0.4 is 12.4 Å². The molecule has 0 atom stereocenters. The van der Waals surface area contributed by atoms with Crippen molar-refractivity contribution in [3.8, 4) is 0 Å². The second kappa shape index (κ2) is 32.8. The van der Waals surface area contributed by atoms with E-state index in [-0.39, 0.29) is 49.6 Å². The maximum atomic E-state index is 0. The van der Waals surface area contributed by atoms with E-state index < -0.39 is 0 Å². The molecule has 0 aliphatic heterocycles. The molecule has 0 aliphatic rings. The molecule has 1 N–H and O–H groups in total. The van der Waals surface area contributed by atoms with Crippen LogP contribution in [0.15, 0.2) is 0 Å². The van der Waals surface area contributed by atoms with Crippen LogP contribution in [0.4, 0.5) is 0 Å². The van der Waals surface area contributed by atoms with Gasteiger partial charge in [-0.25, -0.2) is 0 Å². The van der Waals surface area contributed by atoms with Gasteiger partial charge in [-0.1, -0.05) is 0 Å². The molecular formula is HClO2Zr. The summed E-state index contributed by atoms with van der Waals surface area (Å²) >= 11 is 0. The predicted octanol–water partition coefficient (Wildman–Crippen LogP) is -3.29. The summed E-state index contributed by atoms with van der Waals surface area (Å²) in [4.78, 5) is 0. The third-order valence-electron chi connectivity index (χ3n) is 0. The van der Waals surface area contributed by atoms with Crippen LogP contribution >= 0.6 is 0 Å². The smallest absolute Gasteiger partial charge is 2.00 e. The van der Waals surface area contributed by atoms with Gasteiger partial charge in [0.05, 0.1) is 0 Å². The predicted molar refractivity (Wildman–Crippen MR) is 2.62 cm³/mol. The summed E-state index contributed by atoms with van der Waals surface area (Å²) in [7, 11) is 0. The molecule has 0 aliphatic carbocycles. The largest absolute Gasteiger partial charge is 4.00 e. The van der Waals surface area contributed by atoms with E-state index in [1.165, 1.54) is 0 Å². The molecule has 0 aromatic carbocycles. The Hall–Kier alpha value is 1.09. The van der Waals surface area contributed by atoms with Gasteiger partial charge in [0.1, 0.15) is 0 Å². The first-order valence-corrected chi connectivity index (χ1v) is 0. The van der Waals surface area contributed by atoms with Crippen LogP contribution in [-0.4, -0.2) is 5.48 Å². The Morgan fingerprint density at radius 1 is 1.00 bits per heavy atom. The fourth-order valence-corrected chi connectivity index (χ4v) is 0. The van der Waals surface area contributed by atoms with Gasteiger partial charge >= 0.3 is 26.2 Å². The Morgan fingerprint density at radius 3 is 1.00 bits per heavy atom. The topological polar surface area (TPSA) is 58.5 Å². The Morgan fingerprint density at radius 2 is 1.00 bits per heavy atom. The van der Waals surface area contributed by atoms with E-state index >= 15 is 0 Å². The van der Waals surface area contributed by atoms with Gasteiger partial charge in [-0.15, -0.1) is 0 Å². The molecule has 4 heavy (non-hydrogen) atoms. The van der Waals surface area contributed by atoms with Gasteiger partial charge in [0.2, 0.25) is 0 Å². The van der Waals surface area contributed by atoms with E-state index in [2.05, 4.69) is 0 Å². The molecule has 0 aromatic rings. The molecule has 0 aromatic heterocycles. The van der Waals surface area contributed by atoms with Crippen molar-refractivity contribution >= 4 is 0 Å². The van der Waals surface area contributed by atoms with Crippen molar-refractivity contribution in [2.45, 2.75) is 0 Å². The SMILES string of the molecule is [Cl-].[O-2].[OH-].[Zr+4]. The number of rotatable bonds is 0. The Labute approximate surface area is 49.7 Å². The van der Waals surface area contributed by atoms with Crippen LogP contribution in [0.5, 0.6) is 0 Å². The van der Waals surface area contributed by atoms with Crippen molar-refractivity contribution in [2.75, 3.05) is 0 Å². The second-order valence-corrected chi connectivity index (χ2v) is 0. The van der Waals surface area contributed by atoms with E-state index in [0.717, 1.165) is 0 Å². The second-order valence-electron chi connectivity index (χ2n) is 0. The molecule has 2 nitrogen and oxygen atoms in total. The molecule has 24 valence electrons. The van der Waals surface area contributed by atoms with E-state index in [1.807, 2.05) is 0 Å². The zero-order valence-electron chi connectivity index (χ0n) is 1.73. The Balaban J connectivity index is 0. The average Bonchev–Trinajstić information content (AvgIpc) is 0. The van der Waals surface area contributed by atoms with Gasteiger partial charge in [0.15, 0.2) is 0 Å². The van der Waals surface area contributed by atoms with E-state index in [0.29, 0.717) is 0 Å². The molecule has 0 spiro atoms. The molecule has 0 fully saturated rings. The van der Waals surface area contributed by atoms with Crippen LogP contribution in [0, 0.1) is 0 Å². The molecule has 0 saturated carbocycles. The van der Waals surface area contributed by atoms with Crippen LogP contribution in [0.3, 0.4) is 0 Å². The van der Waals surface area contributed by atoms with Gasteiger partial charge in [-0.2, -0.15) is 0 Å². The molecule has 0 saturated heterocycles. The molecule has 0 bridgehead atoms. The maximum Gasteiger partial charge on any atom is 4.00 e. The molecular weight excluding hydrogens is 159 g/mol. The molecule has 0 rings (SSSR count). The zero-order chi connectivity index (χ0) is 0.